The van der Waals surface area contributed by atoms with E-state index in [1.807, 2.05) is 0 Å². The molecular formula is C19H16ClFN6O3S. The molecule has 2 N–H and O–H groups in total. The van der Waals surface area contributed by atoms with Gasteiger partial charge in [-0.1, -0.05) is 11.6 Å². The molecule has 0 saturated heterocycles. The van der Waals surface area contributed by atoms with E-state index < -0.39 is 21.7 Å². The molecule has 0 spiro atoms. The number of sulfonamides is 1. The molecule has 2 heterocycles. The third-order valence-corrected chi connectivity index (χ3v) is 6.16. The monoisotopic (exact) mass is 462 g/mol. The molecule has 9 nitrogen and oxygen atoms in total. The molecule has 4 aromatic rings. The second kappa shape index (κ2) is 7.67. The van der Waals surface area contributed by atoms with E-state index in [-0.39, 0.29) is 21.6 Å². The lowest BCUT2D eigenvalue weighted by Crippen LogP contribution is -2.17. The number of imidazole rings is 1. The zero-order valence-corrected chi connectivity index (χ0v) is 17.9. The van der Waals surface area contributed by atoms with Crippen LogP contribution in [0.4, 0.5) is 15.8 Å². The molecule has 2 aromatic carbocycles. The molecule has 12 heteroatoms. The van der Waals surface area contributed by atoms with Crippen molar-refractivity contribution in [1.82, 2.24) is 19.3 Å². The number of hydrogen-bond donors (Lipinski definition) is 2. The van der Waals surface area contributed by atoms with Crippen LogP contribution < -0.4 is 10.0 Å². The lowest BCUT2D eigenvalue weighted by Gasteiger charge is -2.08. The maximum Gasteiger partial charge on any atom is 0.295 e. The second-order valence-corrected chi connectivity index (χ2v) is 8.70. The zero-order valence-electron chi connectivity index (χ0n) is 16.3. The van der Waals surface area contributed by atoms with Crippen LogP contribution >= 0.6 is 11.6 Å². The first kappa shape index (κ1) is 20.8. The number of aryl methyl sites for hydroxylation is 2. The molecule has 0 unspecified atom stereocenters. The van der Waals surface area contributed by atoms with Crippen LogP contribution in [-0.4, -0.2) is 33.7 Å². The van der Waals surface area contributed by atoms with E-state index in [4.69, 9.17) is 11.6 Å². The van der Waals surface area contributed by atoms with Crippen molar-refractivity contribution < 1.29 is 17.6 Å². The van der Waals surface area contributed by atoms with Gasteiger partial charge in [0.2, 0.25) is 5.16 Å². The quantitative estimate of drug-likeness (QED) is 0.473. The number of fused-ring (bicyclic) bond motifs is 1. The van der Waals surface area contributed by atoms with Crippen LogP contribution in [-0.2, 0) is 24.1 Å². The summed E-state index contributed by atoms with van der Waals surface area (Å²) in [6, 6.07) is 8.47. The van der Waals surface area contributed by atoms with E-state index in [1.165, 1.54) is 45.9 Å². The van der Waals surface area contributed by atoms with E-state index >= 15 is 0 Å². The number of hydrogen-bond acceptors (Lipinski definition) is 5. The largest absolute Gasteiger partial charge is 0.323 e. The summed E-state index contributed by atoms with van der Waals surface area (Å²) in [5.74, 6) is -1.07. The van der Waals surface area contributed by atoms with Crippen LogP contribution in [0, 0.1) is 5.82 Å². The highest BCUT2D eigenvalue weighted by Gasteiger charge is 2.21. The maximum absolute atomic E-state index is 13.3. The van der Waals surface area contributed by atoms with Gasteiger partial charge in [0, 0.05) is 37.6 Å². The standard InChI is InChI=1S/C19H16ClFN6O3S/c1-26-8-7-22-19(26)31(29,30)25-12-3-5-13-16(10-12)24-27(2)17(13)18(28)23-11-4-6-15(21)14(20)9-11/h3-10,25H,1-2H3,(H,23,28). The van der Waals surface area contributed by atoms with Crippen molar-refractivity contribution in [3.05, 3.63) is 65.3 Å². The van der Waals surface area contributed by atoms with Crippen LogP contribution in [0.25, 0.3) is 10.9 Å². The van der Waals surface area contributed by atoms with Crippen molar-refractivity contribution in [2.24, 2.45) is 14.1 Å². The number of amides is 1. The Morgan fingerprint density at radius 3 is 2.55 bits per heavy atom. The van der Waals surface area contributed by atoms with Crippen molar-refractivity contribution in [2.75, 3.05) is 10.0 Å². The predicted octanol–water partition coefficient (Wildman–Crippen LogP) is 3.15. The van der Waals surface area contributed by atoms with Gasteiger partial charge in [-0.25, -0.2) is 9.37 Å². The summed E-state index contributed by atoms with van der Waals surface area (Å²) < 4.78 is 43.6. The van der Waals surface area contributed by atoms with Gasteiger partial charge < -0.3 is 9.88 Å². The number of benzene rings is 2. The molecule has 0 aliphatic rings. The van der Waals surface area contributed by atoms with E-state index in [0.717, 1.165) is 6.07 Å². The third-order valence-electron chi connectivity index (χ3n) is 4.50. The summed E-state index contributed by atoms with van der Waals surface area (Å²) in [5.41, 5.74) is 1.25. The number of aromatic nitrogens is 4. The van der Waals surface area contributed by atoms with Gasteiger partial charge >= 0.3 is 0 Å². The Morgan fingerprint density at radius 1 is 1.13 bits per heavy atom. The predicted molar refractivity (Wildman–Crippen MR) is 114 cm³/mol. The number of nitrogens with one attached hydrogen (secondary N) is 2. The summed E-state index contributed by atoms with van der Waals surface area (Å²) >= 11 is 5.76. The number of halogens is 2. The average Bonchev–Trinajstić information content (AvgIpc) is 3.26. The number of rotatable bonds is 5. The van der Waals surface area contributed by atoms with Gasteiger partial charge in [-0.2, -0.15) is 13.5 Å². The molecule has 2 aromatic heterocycles. The summed E-state index contributed by atoms with van der Waals surface area (Å²) in [6.45, 7) is 0. The van der Waals surface area contributed by atoms with E-state index in [0.29, 0.717) is 16.6 Å². The minimum atomic E-state index is -3.89. The second-order valence-electron chi connectivity index (χ2n) is 6.71. The van der Waals surface area contributed by atoms with E-state index in [2.05, 4.69) is 20.1 Å². The Bertz CT molecular complexity index is 1430. The maximum atomic E-state index is 13.3. The highest BCUT2D eigenvalue weighted by molar-refractivity contribution is 7.92. The molecule has 0 aliphatic carbocycles. The molecule has 160 valence electrons. The fourth-order valence-corrected chi connectivity index (χ4v) is 4.46. The van der Waals surface area contributed by atoms with Crippen molar-refractivity contribution in [1.29, 1.82) is 0 Å². The highest BCUT2D eigenvalue weighted by atomic mass is 35.5. The zero-order chi connectivity index (χ0) is 22.3. The molecule has 0 bridgehead atoms. The number of carbonyl (C=O) groups excluding carboxylic acids is 1. The van der Waals surface area contributed by atoms with Gasteiger partial charge in [-0.3, -0.25) is 14.2 Å². The van der Waals surface area contributed by atoms with Crippen molar-refractivity contribution in [2.45, 2.75) is 5.16 Å². The normalized spacial score (nSPS) is 11.6. The smallest absolute Gasteiger partial charge is 0.295 e. The van der Waals surface area contributed by atoms with Gasteiger partial charge in [0.15, 0.2) is 0 Å². The molecule has 0 radical (unpaired) electrons. The number of carbonyl (C=O) groups is 1. The first-order chi connectivity index (χ1) is 14.7. The SMILES string of the molecule is Cn1ccnc1S(=O)(=O)Nc1ccc2c(C(=O)Nc3ccc(F)c(Cl)c3)n(C)nc2c1. The Morgan fingerprint density at radius 2 is 1.87 bits per heavy atom. The summed E-state index contributed by atoms with van der Waals surface area (Å²) in [6.07, 6.45) is 2.91. The fourth-order valence-electron chi connectivity index (χ4n) is 3.11. The first-order valence-electron chi connectivity index (χ1n) is 8.89. The van der Waals surface area contributed by atoms with Gasteiger partial charge in [-0.05, 0) is 36.4 Å². The number of nitrogens with zero attached hydrogens (tertiary/aromatic N) is 4. The molecule has 0 fully saturated rings. The van der Waals surface area contributed by atoms with E-state index in [9.17, 15) is 17.6 Å². The number of anilines is 2. The molecule has 31 heavy (non-hydrogen) atoms. The molecule has 4 rings (SSSR count). The third kappa shape index (κ3) is 3.97. The Hall–Kier alpha value is -3.44. The Balaban J connectivity index is 1.63. The average molecular weight is 463 g/mol. The molecular weight excluding hydrogens is 447 g/mol. The van der Waals surface area contributed by atoms with Crippen molar-refractivity contribution in [3.63, 3.8) is 0 Å². The molecule has 0 atom stereocenters. The first-order valence-corrected chi connectivity index (χ1v) is 10.7. The topological polar surface area (TPSA) is 111 Å². The van der Waals surface area contributed by atoms with E-state index in [1.54, 1.807) is 20.2 Å². The lowest BCUT2D eigenvalue weighted by molar-refractivity contribution is 0.101. The fraction of sp³-hybridized carbons (Fsp3) is 0.105. The molecule has 1 amide bonds. The van der Waals surface area contributed by atoms with Gasteiger partial charge in [0.25, 0.3) is 15.9 Å². The summed E-state index contributed by atoms with van der Waals surface area (Å²) in [4.78, 5) is 16.6. The van der Waals surface area contributed by atoms with Crippen molar-refractivity contribution in [3.8, 4) is 0 Å². The van der Waals surface area contributed by atoms with Crippen LogP contribution in [0.15, 0.2) is 53.9 Å². The van der Waals surface area contributed by atoms with Crippen molar-refractivity contribution >= 4 is 49.8 Å². The molecule has 0 aliphatic heterocycles. The lowest BCUT2D eigenvalue weighted by atomic mass is 10.2. The summed E-state index contributed by atoms with van der Waals surface area (Å²) in [5, 5.41) is 7.20. The van der Waals surface area contributed by atoms with Crippen LogP contribution in [0.1, 0.15) is 10.5 Å². The Kier molecular flexibility index (Phi) is 5.15. The van der Waals surface area contributed by atoms with Crippen LogP contribution in [0.5, 0.6) is 0 Å². The minimum absolute atomic E-state index is 0.114. The van der Waals surface area contributed by atoms with Gasteiger partial charge in [0.05, 0.1) is 16.2 Å². The summed E-state index contributed by atoms with van der Waals surface area (Å²) in [7, 11) is -0.733. The van der Waals surface area contributed by atoms with Gasteiger partial charge in [-0.15, -0.1) is 0 Å². The van der Waals surface area contributed by atoms with Gasteiger partial charge in [0.1, 0.15) is 11.5 Å². The van der Waals surface area contributed by atoms with Crippen LogP contribution in [0.2, 0.25) is 5.02 Å². The molecule has 0 saturated carbocycles. The highest BCUT2D eigenvalue weighted by Crippen LogP contribution is 2.25. The minimum Gasteiger partial charge on any atom is -0.323 e. The Labute approximate surface area is 181 Å². The van der Waals surface area contributed by atoms with Crippen LogP contribution in [0.3, 0.4) is 0 Å².